The van der Waals surface area contributed by atoms with E-state index in [9.17, 15) is 4.79 Å². The lowest BCUT2D eigenvalue weighted by molar-refractivity contribution is -0.147. The van der Waals surface area contributed by atoms with E-state index in [1.807, 2.05) is 0 Å². The maximum Gasteiger partial charge on any atom is 0.309 e. The molecule has 1 rings (SSSR count). The number of carbonyl (C=O) groups excluding carboxylic acids is 1. The zero-order chi connectivity index (χ0) is 9.84. The SMILES string of the molecule is COC(=O)[C@H]1CCC=C[C@@H]1C(C)C. The highest BCUT2D eigenvalue weighted by Gasteiger charge is 2.30. The van der Waals surface area contributed by atoms with E-state index < -0.39 is 0 Å². The quantitative estimate of drug-likeness (QED) is 0.484. The van der Waals surface area contributed by atoms with Crippen LogP contribution < -0.4 is 0 Å². The van der Waals surface area contributed by atoms with Crippen molar-refractivity contribution in [1.29, 1.82) is 0 Å². The van der Waals surface area contributed by atoms with E-state index >= 15 is 0 Å². The van der Waals surface area contributed by atoms with Crippen molar-refractivity contribution >= 4 is 5.97 Å². The second kappa shape index (κ2) is 4.45. The van der Waals surface area contributed by atoms with Gasteiger partial charge in [-0.3, -0.25) is 4.79 Å². The molecule has 0 aromatic rings. The van der Waals surface area contributed by atoms with Crippen LogP contribution in [0.25, 0.3) is 0 Å². The van der Waals surface area contributed by atoms with Crippen molar-refractivity contribution in [2.45, 2.75) is 26.7 Å². The van der Waals surface area contributed by atoms with E-state index in [0.29, 0.717) is 11.8 Å². The molecule has 2 atom stereocenters. The summed E-state index contributed by atoms with van der Waals surface area (Å²) in [5.41, 5.74) is 0. The Morgan fingerprint density at radius 3 is 2.77 bits per heavy atom. The second-order valence-corrected chi connectivity index (χ2v) is 3.96. The Balaban J connectivity index is 2.71. The van der Waals surface area contributed by atoms with Gasteiger partial charge in [-0.15, -0.1) is 0 Å². The first-order chi connectivity index (χ1) is 6.16. The summed E-state index contributed by atoms with van der Waals surface area (Å²) in [4.78, 5) is 11.4. The van der Waals surface area contributed by atoms with E-state index in [-0.39, 0.29) is 11.9 Å². The summed E-state index contributed by atoms with van der Waals surface area (Å²) < 4.78 is 4.80. The first-order valence-corrected chi connectivity index (χ1v) is 4.91. The van der Waals surface area contributed by atoms with Crippen LogP contribution in [0.2, 0.25) is 0 Å². The molecule has 0 amide bonds. The molecular weight excluding hydrogens is 164 g/mol. The summed E-state index contributed by atoms with van der Waals surface area (Å²) in [5, 5.41) is 0. The highest BCUT2D eigenvalue weighted by Crippen LogP contribution is 2.31. The molecule has 0 aromatic carbocycles. The molecule has 0 aromatic heterocycles. The minimum Gasteiger partial charge on any atom is -0.469 e. The molecule has 0 bridgehead atoms. The van der Waals surface area contributed by atoms with Gasteiger partial charge in [0.25, 0.3) is 0 Å². The van der Waals surface area contributed by atoms with Gasteiger partial charge in [0.15, 0.2) is 0 Å². The van der Waals surface area contributed by atoms with Crippen LogP contribution in [0.5, 0.6) is 0 Å². The van der Waals surface area contributed by atoms with Gasteiger partial charge < -0.3 is 4.74 Å². The van der Waals surface area contributed by atoms with Gasteiger partial charge in [0, 0.05) is 0 Å². The third-order valence-corrected chi connectivity index (χ3v) is 2.74. The molecule has 1 aliphatic carbocycles. The van der Waals surface area contributed by atoms with Crippen LogP contribution >= 0.6 is 0 Å². The molecule has 0 spiro atoms. The predicted molar refractivity (Wildman–Crippen MR) is 52.2 cm³/mol. The zero-order valence-corrected chi connectivity index (χ0v) is 8.62. The van der Waals surface area contributed by atoms with Crippen molar-refractivity contribution in [2.75, 3.05) is 7.11 Å². The van der Waals surface area contributed by atoms with Gasteiger partial charge in [0.05, 0.1) is 13.0 Å². The molecule has 0 N–H and O–H groups in total. The lowest BCUT2D eigenvalue weighted by Crippen LogP contribution is -2.29. The minimum absolute atomic E-state index is 0.0527. The molecule has 2 heteroatoms. The highest BCUT2D eigenvalue weighted by atomic mass is 16.5. The van der Waals surface area contributed by atoms with Crippen molar-refractivity contribution < 1.29 is 9.53 Å². The average Bonchev–Trinajstić information content (AvgIpc) is 2.16. The minimum atomic E-state index is -0.0527. The smallest absolute Gasteiger partial charge is 0.309 e. The number of ether oxygens (including phenoxy) is 1. The van der Waals surface area contributed by atoms with Crippen molar-refractivity contribution in [3.63, 3.8) is 0 Å². The second-order valence-electron chi connectivity index (χ2n) is 3.96. The van der Waals surface area contributed by atoms with Crippen molar-refractivity contribution in [3.8, 4) is 0 Å². The van der Waals surface area contributed by atoms with Gasteiger partial charge in [0.1, 0.15) is 0 Å². The number of esters is 1. The van der Waals surface area contributed by atoms with Crippen LogP contribution in [0.3, 0.4) is 0 Å². The van der Waals surface area contributed by atoms with Gasteiger partial charge >= 0.3 is 5.97 Å². The average molecular weight is 182 g/mol. The van der Waals surface area contributed by atoms with E-state index in [2.05, 4.69) is 26.0 Å². The van der Waals surface area contributed by atoms with E-state index in [0.717, 1.165) is 12.8 Å². The summed E-state index contributed by atoms with van der Waals surface area (Å²) in [6.07, 6.45) is 6.27. The molecule has 0 saturated carbocycles. The first kappa shape index (κ1) is 10.3. The number of allylic oxidation sites excluding steroid dienone is 2. The molecule has 1 aliphatic rings. The predicted octanol–water partition coefficient (Wildman–Crippen LogP) is 2.40. The van der Waals surface area contributed by atoms with Crippen LogP contribution in [-0.4, -0.2) is 13.1 Å². The molecule has 0 unspecified atom stereocenters. The Kier molecular flexibility index (Phi) is 3.52. The molecule has 0 fully saturated rings. The van der Waals surface area contributed by atoms with E-state index in [1.165, 1.54) is 7.11 Å². The molecular formula is C11H18O2. The standard InChI is InChI=1S/C11H18O2/c1-8(2)9-6-4-5-7-10(9)11(12)13-3/h4,6,8-10H,5,7H2,1-3H3/t9-,10+/m1/s1. The van der Waals surface area contributed by atoms with E-state index in [1.54, 1.807) is 0 Å². The highest BCUT2D eigenvalue weighted by molar-refractivity contribution is 5.73. The van der Waals surface area contributed by atoms with Crippen LogP contribution in [0, 0.1) is 17.8 Å². The number of methoxy groups -OCH3 is 1. The first-order valence-electron chi connectivity index (χ1n) is 4.91. The van der Waals surface area contributed by atoms with Gasteiger partial charge in [0.2, 0.25) is 0 Å². The maximum atomic E-state index is 11.4. The molecule has 74 valence electrons. The fourth-order valence-electron chi connectivity index (χ4n) is 1.97. The van der Waals surface area contributed by atoms with Gasteiger partial charge in [-0.05, 0) is 24.7 Å². The molecule has 0 heterocycles. The number of carbonyl (C=O) groups is 1. The summed E-state index contributed by atoms with van der Waals surface area (Å²) in [7, 11) is 1.47. The number of hydrogen-bond acceptors (Lipinski definition) is 2. The lowest BCUT2D eigenvalue weighted by Gasteiger charge is -2.28. The van der Waals surface area contributed by atoms with Crippen molar-refractivity contribution in [1.82, 2.24) is 0 Å². The Hall–Kier alpha value is -0.790. The van der Waals surface area contributed by atoms with Crippen molar-refractivity contribution in [2.24, 2.45) is 17.8 Å². The lowest BCUT2D eigenvalue weighted by atomic mass is 9.77. The molecule has 0 radical (unpaired) electrons. The summed E-state index contributed by atoms with van der Waals surface area (Å²) in [5.74, 6) is 0.903. The molecule has 0 saturated heterocycles. The molecule has 2 nitrogen and oxygen atoms in total. The topological polar surface area (TPSA) is 26.3 Å². The fourth-order valence-corrected chi connectivity index (χ4v) is 1.97. The summed E-state index contributed by atoms with van der Waals surface area (Å²) in [6, 6.07) is 0. The summed E-state index contributed by atoms with van der Waals surface area (Å²) >= 11 is 0. The third kappa shape index (κ3) is 2.33. The Morgan fingerprint density at radius 1 is 1.54 bits per heavy atom. The van der Waals surface area contributed by atoms with Crippen LogP contribution in [0.1, 0.15) is 26.7 Å². The Labute approximate surface area is 80.0 Å². The summed E-state index contributed by atoms with van der Waals surface area (Å²) in [6.45, 7) is 4.30. The molecule has 0 aliphatic heterocycles. The van der Waals surface area contributed by atoms with Crippen LogP contribution in [-0.2, 0) is 9.53 Å². The van der Waals surface area contributed by atoms with Crippen LogP contribution in [0.4, 0.5) is 0 Å². The third-order valence-electron chi connectivity index (χ3n) is 2.74. The van der Waals surface area contributed by atoms with Gasteiger partial charge in [-0.2, -0.15) is 0 Å². The monoisotopic (exact) mass is 182 g/mol. The number of hydrogen-bond donors (Lipinski definition) is 0. The van der Waals surface area contributed by atoms with Gasteiger partial charge in [-0.25, -0.2) is 0 Å². The normalized spacial score (nSPS) is 27.7. The van der Waals surface area contributed by atoms with Crippen molar-refractivity contribution in [3.05, 3.63) is 12.2 Å². The van der Waals surface area contributed by atoms with Crippen LogP contribution in [0.15, 0.2) is 12.2 Å². The maximum absolute atomic E-state index is 11.4. The fraction of sp³-hybridized carbons (Fsp3) is 0.727. The molecule has 13 heavy (non-hydrogen) atoms. The van der Waals surface area contributed by atoms with Gasteiger partial charge in [-0.1, -0.05) is 26.0 Å². The van der Waals surface area contributed by atoms with E-state index in [4.69, 9.17) is 4.74 Å². The largest absolute Gasteiger partial charge is 0.469 e. The Morgan fingerprint density at radius 2 is 2.23 bits per heavy atom. The Bertz CT molecular complexity index is 206. The zero-order valence-electron chi connectivity index (χ0n) is 8.62. The number of rotatable bonds is 2.